The molecule has 3 aromatic rings. The van der Waals surface area contributed by atoms with Crippen molar-refractivity contribution in [2.75, 3.05) is 13.1 Å². The summed E-state index contributed by atoms with van der Waals surface area (Å²) in [6.45, 7) is 8.17. The topological polar surface area (TPSA) is 66.7 Å². The van der Waals surface area contributed by atoms with Crippen molar-refractivity contribution in [3.05, 3.63) is 22.5 Å². The maximum atomic E-state index is 12.7. The van der Waals surface area contributed by atoms with E-state index in [9.17, 15) is 9.59 Å². The van der Waals surface area contributed by atoms with Crippen LogP contribution in [-0.4, -0.2) is 44.7 Å². The van der Waals surface area contributed by atoms with Gasteiger partial charge in [-0.2, -0.15) is 0 Å². The second kappa shape index (κ2) is 6.18. The van der Waals surface area contributed by atoms with E-state index in [-0.39, 0.29) is 23.9 Å². The van der Waals surface area contributed by atoms with E-state index in [1.54, 1.807) is 16.2 Å². The largest absolute Gasteiger partial charge is 0.350 e. The number of aromatic nitrogens is 2. The molecule has 0 aliphatic carbocycles. The Labute approximate surface area is 148 Å². The van der Waals surface area contributed by atoms with Gasteiger partial charge in [-0.05, 0) is 33.8 Å². The van der Waals surface area contributed by atoms with E-state index in [4.69, 9.17) is 0 Å². The van der Waals surface area contributed by atoms with Crippen LogP contribution in [0.2, 0.25) is 0 Å². The molecule has 0 spiro atoms. The molecule has 8 heteroatoms. The minimum Gasteiger partial charge on any atom is -0.350 e. The maximum Gasteiger partial charge on any atom is 0.264 e. The summed E-state index contributed by atoms with van der Waals surface area (Å²) in [4.78, 5) is 33.3. The number of nitrogens with one attached hydrogen (secondary N) is 1. The van der Waals surface area contributed by atoms with Gasteiger partial charge in [0.25, 0.3) is 5.91 Å². The first kappa shape index (κ1) is 16.9. The standard InChI is InChI=1S/C16H20N4O2S2/c1-5-19(9-12(21)18-16(2,3)4)14(22)11-8-10-13(24-11)17-15-20(10)6-7-23-15/h6-8H,5,9H2,1-4H3,(H,18,21). The Hall–Kier alpha value is -1.93. The predicted octanol–water partition coefficient (Wildman–Crippen LogP) is 2.99. The highest BCUT2D eigenvalue weighted by Crippen LogP contribution is 2.28. The van der Waals surface area contributed by atoms with Gasteiger partial charge < -0.3 is 10.2 Å². The lowest BCUT2D eigenvalue weighted by Gasteiger charge is -2.24. The monoisotopic (exact) mass is 364 g/mol. The highest BCUT2D eigenvalue weighted by Gasteiger charge is 2.23. The highest BCUT2D eigenvalue weighted by atomic mass is 32.1. The Morgan fingerprint density at radius 1 is 1.38 bits per heavy atom. The van der Waals surface area contributed by atoms with Gasteiger partial charge in [-0.3, -0.25) is 14.0 Å². The van der Waals surface area contributed by atoms with Gasteiger partial charge in [-0.1, -0.05) is 0 Å². The Bertz CT molecular complexity index is 900. The molecule has 0 saturated heterocycles. The van der Waals surface area contributed by atoms with Crippen LogP contribution in [0.5, 0.6) is 0 Å². The molecule has 24 heavy (non-hydrogen) atoms. The number of amides is 2. The van der Waals surface area contributed by atoms with E-state index in [2.05, 4.69) is 10.3 Å². The zero-order valence-electron chi connectivity index (χ0n) is 14.1. The van der Waals surface area contributed by atoms with Crippen LogP contribution in [0.3, 0.4) is 0 Å². The molecule has 6 nitrogen and oxygen atoms in total. The van der Waals surface area contributed by atoms with Crippen molar-refractivity contribution in [3.8, 4) is 0 Å². The zero-order chi connectivity index (χ0) is 17.5. The molecule has 3 aromatic heterocycles. The quantitative estimate of drug-likeness (QED) is 0.774. The smallest absolute Gasteiger partial charge is 0.264 e. The lowest BCUT2D eigenvalue weighted by Crippen LogP contribution is -2.47. The van der Waals surface area contributed by atoms with E-state index in [1.807, 2.05) is 49.7 Å². The minimum atomic E-state index is -0.311. The third-order valence-corrected chi connectivity index (χ3v) is 5.23. The van der Waals surface area contributed by atoms with Crippen molar-refractivity contribution in [2.24, 2.45) is 0 Å². The van der Waals surface area contributed by atoms with Crippen LogP contribution in [0.15, 0.2) is 17.6 Å². The fraction of sp³-hybridized carbons (Fsp3) is 0.438. The number of rotatable bonds is 4. The molecule has 3 rings (SSSR count). The maximum absolute atomic E-state index is 12.7. The second-order valence-corrected chi connectivity index (χ2v) is 8.49. The Morgan fingerprint density at radius 2 is 2.12 bits per heavy atom. The molecule has 128 valence electrons. The summed E-state index contributed by atoms with van der Waals surface area (Å²) >= 11 is 2.94. The second-order valence-electron chi connectivity index (χ2n) is 6.59. The van der Waals surface area contributed by atoms with Crippen LogP contribution < -0.4 is 5.32 Å². The average Bonchev–Trinajstić information content (AvgIpc) is 3.13. The number of hydrogen-bond acceptors (Lipinski definition) is 5. The average molecular weight is 364 g/mol. The first-order chi connectivity index (χ1) is 11.3. The van der Waals surface area contributed by atoms with E-state index in [0.717, 1.165) is 15.3 Å². The number of carbonyl (C=O) groups is 2. The molecule has 0 saturated carbocycles. The van der Waals surface area contributed by atoms with Crippen molar-refractivity contribution in [3.63, 3.8) is 0 Å². The number of imidazole rings is 1. The Kier molecular flexibility index (Phi) is 4.35. The molecule has 0 aliphatic rings. The summed E-state index contributed by atoms with van der Waals surface area (Å²) < 4.78 is 1.98. The van der Waals surface area contributed by atoms with E-state index >= 15 is 0 Å². The van der Waals surface area contributed by atoms with Crippen molar-refractivity contribution < 1.29 is 9.59 Å². The molecule has 0 unspecified atom stereocenters. The number of carbonyl (C=O) groups excluding carboxylic acids is 2. The summed E-state index contributed by atoms with van der Waals surface area (Å²) in [7, 11) is 0. The van der Waals surface area contributed by atoms with Crippen LogP contribution in [0.1, 0.15) is 37.4 Å². The van der Waals surface area contributed by atoms with E-state index < -0.39 is 0 Å². The van der Waals surface area contributed by atoms with Gasteiger partial charge in [0, 0.05) is 23.7 Å². The minimum absolute atomic E-state index is 0.0587. The molecular weight excluding hydrogens is 344 g/mol. The third-order valence-electron chi connectivity index (χ3n) is 3.47. The van der Waals surface area contributed by atoms with E-state index in [0.29, 0.717) is 11.4 Å². The van der Waals surface area contributed by atoms with Gasteiger partial charge in [-0.25, -0.2) is 4.98 Å². The summed E-state index contributed by atoms with van der Waals surface area (Å²) in [5.41, 5.74) is 0.629. The summed E-state index contributed by atoms with van der Waals surface area (Å²) in [5.74, 6) is -0.283. The van der Waals surface area contributed by atoms with Crippen LogP contribution in [0, 0.1) is 0 Å². The number of thiophene rings is 1. The fourth-order valence-electron chi connectivity index (χ4n) is 2.47. The lowest BCUT2D eigenvalue weighted by atomic mass is 10.1. The first-order valence-corrected chi connectivity index (χ1v) is 9.43. The van der Waals surface area contributed by atoms with Gasteiger partial charge in [0.05, 0.1) is 16.9 Å². The van der Waals surface area contributed by atoms with Crippen molar-refractivity contribution in [1.82, 2.24) is 19.6 Å². The first-order valence-electron chi connectivity index (χ1n) is 7.74. The molecule has 0 bridgehead atoms. The van der Waals surface area contributed by atoms with Crippen molar-refractivity contribution in [1.29, 1.82) is 0 Å². The number of nitrogens with zero attached hydrogens (tertiary/aromatic N) is 3. The van der Waals surface area contributed by atoms with Gasteiger partial charge in [-0.15, -0.1) is 22.7 Å². The van der Waals surface area contributed by atoms with Crippen LogP contribution in [-0.2, 0) is 4.79 Å². The molecular formula is C16H20N4O2S2. The molecule has 0 radical (unpaired) electrons. The lowest BCUT2D eigenvalue weighted by molar-refractivity contribution is -0.123. The van der Waals surface area contributed by atoms with Gasteiger partial charge in [0.1, 0.15) is 4.83 Å². The third kappa shape index (κ3) is 3.29. The zero-order valence-corrected chi connectivity index (χ0v) is 15.8. The number of thiazole rings is 1. The number of likely N-dealkylation sites (N-methyl/N-ethyl adjacent to an activating group) is 1. The van der Waals surface area contributed by atoms with Crippen molar-refractivity contribution in [2.45, 2.75) is 33.2 Å². The molecule has 0 atom stereocenters. The molecule has 1 N–H and O–H groups in total. The van der Waals surface area contributed by atoms with Crippen molar-refractivity contribution >= 4 is 49.8 Å². The number of hydrogen-bond donors (Lipinski definition) is 1. The Balaban J connectivity index is 1.80. The number of fused-ring (bicyclic) bond motifs is 3. The van der Waals surface area contributed by atoms with Gasteiger partial charge in [0.15, 0.2) is 4.96 Å². The Morgan fingerprint density at radius 3 is 2.79 bits per heavy atom. The van der Waals surface area contributed by atoms with Crippen LogP contribution >= 0.6 is 22.7 Å². The molecule has 0 aromatic carbocycles. The predicted molar refractivity (Wildman–Crippen MR) is 97.9 cm³/mol. The van der Waals surface area contributed by atoms with Crippen LogP contribution in [0.4, 0.5) is 0 Å². The highest BCUT2D eigenvalue weighted by molar-refractivity contribution is 7.21. The molecule has 0 fully saturated rings. The fourth-order valence-corrected chi connectivity index (χ4v) is 4.24. The summed E-state index contributed by atoms with van der Waals surface area (Å²) in [5, 5.41) is 4.86. The summed E-state index contributed by atoms with van der Waals surface area (Å²) in [6.07, 6.45) is 1.95. The van der Waals surface area contributed by atoms with E-state index in [1.165, 1.54) is 11.3 Å². The molecule has 2 amide bonds. The summed E-state index contributed by atoms with van der Waals surface area (Å²) in [6, 6.07) is 1.86. The van der Waals surface area contributed by atoms with Gasteiger partial charge in [0.2, 0.25) is 5.91 Å². The SMILES string of the molecule is CCN(CC(=O)NC(C)(C)C)C(=O)c1cc2c(nc3sccn32)s1. The van der Waals surface area contributed by atoms with Gasteiger partial charge >= 0.3 is 0 Å². The molecule has 0 aliphatic heterocycles. The molecule has 3 heterocycles. The van der Waals surface area contributed by atoms with Crippen LogP contribution in [0.25, 0.3) is 15.3 Å². The normalized spacial score (nSPS) is 12.0.